The summed E-state index contributed by atoms with van der Waals surface area (Å²) in [6, 6.07) is 6.61. The maximum absolute atomic E-state index is 11.5. The summed E-state index contributed by atoms with van der Waals surface area (Å²) in [4.78, 5) is 14.0. The number of carbonyl (C=O) groups excluding carboxylic acids is 1. The van der Waals surface area contributed by atoms with E-state index < -0.39 is 0 Å². The van der Waals surface area contributed by atoms with E-state index in [2.05, 4.69) is 33.6 Å². The van der Waals surface area contributed by atoms with Gasteiger partial charge in [0.1, 0.15) is 0 Å². The second-order valence-corrected chi connectivity index (χ2v) is 7.07. The molecule has 3 heterocycles. The van der Waals surface area contributed by atoms with E-state index in [0.717, 1.165) is 51.3 Å². The lowest BCUT2D eigenvalue weighted by atomic mass is 9.99. The Morgan fingerprint density at radius 2 is 1.96 bits per heavy atom. The van der Waals surface area contributed by atoms with Crippen molar-refractivity contribution in [3.63, 3.8) is 0 Å². The minimum Gasteiger partial charge on any atom is -0.371 e. The fraction of sp³-hybridized carbons (Fsp3) is 0.556. The smallest absolute Gasteiger partial charge is 0.240 e. The second-order valence-electron chi connectivity index (χ2n) is 7.07. The molecule has 1 aromatic carbocycles. The molecule has 5 rings (SSSR count). The van der Waals surface area contributed by atoms with Crippen molar-refractivity contribution in [1.82, 2.24) is 5.43 Å². The first-order valence-electron chi connectivity index (χ1n) is 8.75. The number of hydrogen-bond donors (Lipinski definition) is 1. The molecule has 4 aliphatic rings. The van der Waals surface area contributed by atoms with Crippen LogP contribution in [-0.4, -0.2) is 43.7 Å². The minimum absolute atomic E-state index is 0.0228. The van der Waals surface area contributed by atoms with Gasteiger partial charge >= 0.3 is 0 Å². The first-order valence-corrected chi connectivity index (χ1v) is 8.75. The highest BCUT2D eigenvalue weighted by molar-refractivity contribution is 6.09. The molecule has 1 aromatic rings. The molecule has 0 radical (unpaired) electrons. The van der Waals surface area contributed by atoms with Gasteiger partial charge in [0.05, 0.1) is 18.9 Å². The van der Waals surface area contributed by atoms with Gasteiger partial charge in [0.15, 0.2) is 5.79 Å². The molecule has 0 saturated carbocycles. The number of ether oxygens (including phenoxy) is 2. The summed E-state index contributed by atoms with van der Waals surface area (Å²) in [6.45, 7) is 3.33. The normalized spacial score (nSPS) is 27.7. The highest BCUT2D eigenvalue weighted by atomic mass is 16.7. The molecule has 0 aromatic heterocycles. The third-order valence-corrected chi connectivity index (χ3v) is 5.65. The van der Waals surface area contributed by atoms with Gasteiger partial charge in [-0.05, 0) is 24.1 Å². The number of nitrogens with zero attached hydrogens (tertiary/aromatic N) is 2. The third-order valence-electron chi connectivity index (χ3n) is 5.65. The predicted molar refractivity (Wildman–Crippen MR) is 89.0 cm³/mol. The molecular weight excluding hydrogens is 306 g/mol. The van der Waals surface area contributed by atoms with Gasteiger partial charge in [-0.3, -0.25) is 4.79 Å². The molecule has 2 saturated heterocycles. The Bertz CT molecular complexity index is 714. The van der Waals surface area contributed by atoms with Crippen LogP contribution in [0.1, 0.15) is 30.4 Å². The van der Waals surface area contributed by atoms with E-state index in [9.17, 15) is 4.79 Å². The third kappa shape index (κ3) is 2.24. The van der Waals surface area contributed by atoms with Crippen molar-refractivity contribution in [2.45, 2.75) is 31.5 Å². The highest BCUT2D eigenvalue weighted by Gasteiger charge is 2.40. The van der Waals surface area contributed by atoms with Crippen LogP contribution >= 0.6 is 0 Å². The molecule has 1 spiro atoms. The number of hydrogen-bond acceptors (Lipinski definition) is 5. The van der Waals surface area contributed by atoms with Crippen LogP contribution in [0.15, 0.2) is 23.3 Å². The van der Waals surface area contributed by atoms with E-state index >= 15 is 0 Å². The SMILES string of the molecule is O=C1CC2Cc3cc(N4CCC5(CC4)OCCO5)ccc3C2=NN1. The maximum Gasteiger partial charge on any atom is 0.240 e. The van der Waals surface area contributed by atoms with Gasteiger partial charge in [0.25, 0.3) is 0 Å². The number of piperidine rings is 1. The van der Waals surface area contributed by atoms with Gasteiger partial charge in [-0.2, -0.15) is 5.10 Å². The van der Waals surface area contributed by atoms with Crippen molar-refractivity contribution < 1.29 is 14.3 Å². The van der Waals surface area contributed by atoms with Crippen molar-refractivity contribution in [2.24, 2.45) is 11.0 Å². The molecule has 24 heavy (non-hydrogen) atoms. The Balaban J connectivity index is 1.35. The van der Waals surface area contributed by atoms with E-state index in [1.165, 1.54) is 16.8 Å². The predicted octanol–water partition coefficient (Wildman–Crippen LogP) is 1.43. The first kappa shape index (κ1) is 14.4. The fourth-order valence-electron chi connectivity index (χ4n) is 4.38. The zero-order valence-electron chi connectivity index (χ0n) is 13.6. The van der Waals surface area contributed by atoms with Gasteiger partial charge < -0.3 is 14.4 Å². The van der Waals surface area contributed by atoms with Crippen molar-refractivity contribution in [1.29, 1.82) is 0 Å². The number of nitrogens with one attached hydrogen (secondary N) is 1. The maximum atomic E-state index is 11.5. The van der Waals surface area contributed by atoms with Crippen LogP contribution in [0.2, 0.25) is 0 Å². The van der Waals surface area contributed by atoms with E-state index in [1.807, 2.05) is 0 Å². The standard InChI is InChI=1S/C18H21N3O3/c22-16-11-13-9-12-10-14(1-2-15(12)17(13)20-19-16)21-5-3-18(4-6-21)23-7-8-24-18/h1-2,10,13H,3-9,11H2,(H,19,22). The number of rotatable bonds is 1. The molecule has 6 nitrogen and oxygen atoms in total. The monoisotopic (exact) mass is 327 g/mol. The summed E-state index contributed by atoms with van der Waals surface area (Å²) in [5.74, 6) is -0.0632. The van der Waals surface area contributed by atoms with Gasteiger partial charge in [0.2, 0.25) is 5.91 Å². The summed E-state index contributed by atoms with van der Waals surface area (Å²) in [5, 5.41) is 4.27. The quantitative estimate of drug-likeness (QED) is 0.847. The second kappa shape index (κ2) is 5.29. The molecule has 1 aliphatic carbocycles. The van der Waals surface area contributed by atoms with Crippen molar-refractivity contribution in [2.75, 3.05) is 31.2 Å². The number of anilines is 1. The number of amides is 1. The lowest BCUT2D eigenvalue weighted by Crippen LogP contribution is -2.45. The van der Waals surface area contributed by atoms with Crippen LogP contribution in [0.5, 0.6) is 0 Å². The van der Waals surface area contributed by atoms with E-state index in [0.29, 0.717) is 6.42 Å². The van der Waals surface area contributed by atoms with Crippen LogP contribution in [-0.2, 0) is 20.7 Å². The topological polar surface area (TPSA) is 63.2 Å². The summed E-state index contributed by atoms with van der Waals surface area (Å²) in [5.41, 5.74) is 7.41. The summed E-state index contributed by atoms with van der Waals surface area (Å²) in [7, 11) is 0. The first-order chi connectivity index (χ1) is 11.7. The van der Waals surface area contributed by atoms with Gasteiger partial charge in [-0.15, -0.1) is 0 Å². The van der Waals surface area contributed by atoms with Gasteiger partial charge in [0, 0.05) is 49.5 Å². The van der Waals surface area contributed by atoms with Crippen LogP contribution in [0, 0.1) is 5.92 Å². The Labute approximate surface area is 140 Å². The molecule has 1 amide bonds. The zero-order valence-corrected chi connectivity index (χ0v) is 13.6. The lowest BCUT2D eigenvalue weighted by molar-refractivity contribution is -0.169. The van der Waals surface area contributed by atoms with Crippen LogP contribution in [0.25, 0.3) is 0 Å². The largest absolute Gasteiger partial charge is 0.371 e. The van der Waals surface area contributed by atoms with Gasteiger partial charge in [-0.25, -0.2) is 5.43 Å². The Morgan fingerprint density at radius 3 is 2.75 bits per heavy atom. The molecule has 0 bridgehead atoms. The molecule has 6 heteroatoms. The Hall–Kier alpha value is -1.92. The number of hydrazone groups is 1. The zero-order chi connectivity index (χ0) is 16.1. The average Bonchev–Trinajstić information content (AvgIpc) is 3.19. The Morgan fingerprint density at radius 1 is 1.17 bits per heavy atom. The highest BCUT2D eigenvalue weighted by Crippen LogP contribution is 2.36. The van der Waals surface area contributed by atoms with Crippen LogP contribution < -0.4 is 10.3 Å². The van der Waals surface area contributed by atoms with E-state index in [1.54, 1.807) is 0 Å². The summed E-state index contributed by atoms with van der Waals surface area (Å²) in [6.07, 6.45) is 3.29. The molecule has 1 N–H and O–H groups in total. The number of fused-ring (bicyclic) bond motifs is 3. The molecule has 3 aliphatic heterocycles. The van der Waals surface area contributed by atoms with E-state index in [-0.39, 0.29) is 17.6 Å². The minimum atomic E-state index is -0.330. The number of benzene rings is 1. The summed E-state index contributed by atoms with van der Waals surface area (Å²) < 4.78 is 11.6. The fourth-order valence-corrected chi connectivity index (χ4v) is 4.38. The molecule has 1 atom stereocenters. The van der Waals surface area contributed by atoms with Crippen LogP contribution in [0.3, 0.4) is 0 Å². The molecule has 126 valence electrons. The van der Waals surface area contributed by atoms with Gasteiger partial charge in [-0.1, -0.05) is 6.07 Å². The molecular formula is C18H21N3O3. The average molecular weight is 327 g/mol. The van der Waals surface area contributed by atoms with E-state index in [4.69, 9.17) is 9.47 Å². The van der Waals surface area contributed by atoms with Crippen LogP contribution in [0.4, 0.5) is 5.69 Å². The van der Waals surface area contributed by atoms with Crippen molar-refractivity contribution in [3.05, 3.63) is 29.3 Å². The Kier molecular flexibility index (Phi) is 3.18. The van der Waals surface area contributed by atoms with Crippen molar-refractivity contribution in [3.8, 4) is 0 Å². The lowest BCUT2D eigenvalue weighted by Gasteiger charge is -2.38. The summed E-state index contributed by atoms with van der Waals surface area (Å²) >= 11 is 0. The van der Waals surface area contributed by atoms with Crippen molar-refractivity contribution >= 4 is 17.3 Å². The number of carbonyl (C=O) groups is 1. The molecule has 1 unspecified atom stereocenters. The molecule has 2 fully saturated rings.